The molecule has 3 aromatic rings. The van der Waals surface area contributed by atoms with Gasteiger partial charge in [-0.05, 0) is 36.3 Å². The number of hydrogen-bond acceptors (Lipinski definition) is 4. The first kappa shape index (κ1) is 20.2. The van der Waals surface area contributed by atoms with Gasteiger partial charge >= 0.3 is 0 Å². The van der Waals surface area contributed by atoms with Gasteiger partial charge in [-0.25, -0.2) is 0 Å². The number of hydrogen-bond donors (Lipinski definition) is 2. The van der Waals surface area contributed by atoms with Gasteiger partial charge in [0.2, 0.25) is 0 Å². The third-order valence-electron chi connectivity index (χ3n) is 4.39. The highest BCUT2D eigenvalue weighted by atomic mass is 35.5. The summed E-state index contributed by atoms with van der Waals surface area (Å²) in [4.78, 5) is 12.6. The van der Waals surface area contributed by atoms with Gasteiger partial charge in [-0.1, -0.05) is 42.8 Å². The summed E-state index contributed by atoms with van der Waals surface area (Å²) in [6.45, 7) is 2.09. The Morgan fingerprint density at radius 3 is 2.72 bits per heavy atom. The molecule has 0 fully saturated rings. The van der Waals surface area contributed by atoms with Gasteiger partial charge in [0.1, 0.15) is 17.4 Å². The Hall–Kier alpha value is -3.56. The zero-order valence-electron chi connectivity index (χ0n) is 16.0. The van der Waals surface area contributed by atoms with Gasteiger partial charge in [-0.3, -0.25) is 9.89 Å². The summed E-state index contributed by atoms with van der Waals surface area (Å²) in [5, 5.41) is 19.6. The Morgan fingerprint density at radius 1 is 1.31 bits per heavy atom. The van der Waals surface area contributed by atoms with Gasteiger partial charge < -0.3 is 10.1 Å². The summed E-state index contributed by atoms with van der Waals surface area (Å²) in [7, 11) is 1.49. The van der Waals surface area contributed by atoms with Crippen molar-refractivity contribution in [3.63, 3.8) is 0 Å². The summed E-state index contributed by atoms with van der Waals surface area (Å²) in [6.07, 6.45) is 4.02. The number of carbonyl (C=O) groups excluding carboxylic acids is 1. The van der Waals surface area contributed by atoms with Crippen molar-refractivity contribution in [1.82, 2.24) is 10.2 Å². The van der Waals surface area contributed by atoms with Crippen LogP contribution in [0.3, 0.4) is 0 Å². The highest BCUT2D eigenvalue weighted by Crippen LogP contribution is 2.28. The molecule has 1 aromatic heterocycles. The van der Waals surface area contributed by atoms with Gasteiger partial charge in [0, 0.05) is 16.1 Å². The minimum absolute atomic E-state index is 0.0696. The van der Waals surface area contributed by atoms with E-state index in [1.54, 1.807) is 24.4 Å². The van der Waals surface area contributed by atoms with Gasteiger partial charge in [0.05, 0.1) is 24.7 Å². The van der Waals surface area contributed by atoms with Crippen LogP contribution in [0.15, 0.2) is 54.2 Å². The molecule has 0 radical (unpaired) electrons. The van der Waals surface area contributed by atoms with Crippen LogP contribution in [0.1, 0.15) is 18.1 Å². The Balaban J connectivity index is 1.89. The number of anilines is 1. The highest BCUT2D eigenvalue weighted by Gasteiger charge is 2.15. The zero-order chi connectivity index (χ0) is 20.8. The van der Waals surface area contributed by atoms with E-state index in [4.69, 9.17) is 16.3 Å². The van der Waals surface area contributed by atoms with Crippen molar-refractivity contribution in [2.24, 2.45) is 0 Å². The number of aryl methyl sites for hydroxylation is 1. The lowest BCUT2D eigenvalue weighted by Gasteiger charge is -2.10. The molecule has 1 amide bonds. The number of halogens is 1. The van der Waals surface area contributed by atoms with Gasteiger partial charge in [-0.2, -0.15) is 10.4 Å². The SMILES string of the molecule is CCc1ccc(-c2[nH]ncc2C=C(C#N)C(=O)Nc2cc(Cl)ccc2OC)cc1. The molecule has 1 heterocycles. The lowest BCUT2D eigenvalue weighted by Crippen LogP contribution is -2.14. The molecule has 0 saturated heterocycles. The van der Waals surface area contributed by atoms with Crippen molar-refractivity contribution < 1.29 is 9.53 Å². The van der Waals surface area contributed by atoms with Gasteiger partial charge in [-0.15, -0.1) is 0 Å². The molecule has 0 spiro atoms. The van der Waals surface area contributed by atoms with Crippen molar-refractivity contribution in [3.8, 4) is 23.1 Å². The van der Waals surface area contributed by atoms with Crippen LogP contribution in [0.25, 0.3) is 17.3 Å². The fraction of sp³-hybridized carbons (Fsp3) is 0.136. The molecule has 0 aliphatic heterocycles. The van der Waals surface area contributed by atoms with Crippen molar-refractivity contribution in [2.45, 2.75) is 13.3 Å². The summed E-state index contributed by atoms with van der Waals surface area (Å²) in [5.74, 6) is -0.124. The average molecular weight is 407 g/mol. The van der Waals surface area contributed by atoms with E-state index in [1.807, 2.05) is 30.3 Å². The summed E-state index contributed by atoms with van der Waals surface area (Å²) >= 11 is 6.00. The molecule has 0 aliphatic carbocycles. The Kier molecular flexibility index (Phi) is 6.32. The summed E-state index contributed by atoms with van der Waals surface area (Å²) in [6, 6.07) is 14.8. The molecule has 0 bridgehead atoms. The van der Waals surface area contributed by atoms with Crippen molar-refractivity contribution >= 4 is 29.3 Å². The molecule has 0 atom stereocenters. The van der Waals surface area contributed by atoms with Crippen molar-refractivity contribution in [2.75, 3.05) is 12.4 Å². The van der Waals surface area contributed by atoms with E-state index in [-0.39, 0.29) is 5.57 Å². The van der Waals surface area contributed by atoms with Crippen LogP contribution >= 0.6 is 11.6 Å². The number of nitrogens with zero attached hydrogens (tertiary/aromatic N) is 2. The van der Waals surface area contributed by atoms with Crippen molar-refractivity contribution in [1.29, 1.82) is 5.26 Å². The van der Waals surface area contributed by atoms with Crippen LogP contribution in [0.2, 0.25) is 5.02 Å². The lowest BCUT2D eigenvalue weighted by molar-refractivity contribution is -0.112. The Morgan fingerprint density at radius 2 is 2.07 bits per heavy atom. The number of nitrogens with one attached hydrogen (secondary N) is 2. The van der Waals surface area contributed by atoms with Crippen LogP contribution < -0.4 is 10.1 Å². The second kappa shape index (κ2) is 9.09. The Bertz CT molecular complexity index is 1090. The van der Waals surface area contributed by atoms with E-state index in [1.165, 1.54) is 18.7 Å². The molecule has 0 unspecified atom stereocenters. The second-order valence-corrected chi connectivity index (χ2v) is 6.66. The third-order valence-corrected chi connectivity index (χ3v) is 4.63. The number of H-pyrrole nitrogens is 1. The number of benzene rings is 2. The highest BCUT2D eigenvalue weighted by molar-refractivity contribution is 6.31. The largest absolute Gasteiger partial charge is 0.495 e. The number of ether oxygens (including phenoxy) is 1. The fourth-order valence-electron chi connectivity index (χ4n) is 2.81. The first-order valence-corrected chi connectivity index (χ1v) is 9.32. The molecule has 7 heteroatoms. The van der Waals surface area contributed by atoms with Gasteiger partial charge in [0.15, 0.2) is 0 Å². The minimum Gasteiger partial charge on any atom is -0.495 e. The van der Waals surface area contributed by atoms with Crippen molar-refractivity contribution in [3.05, 3.63) is 70.4 Å². The summed E-state index contributed by atoms with van der Waals surface area (Å²) < 4.78 is 5.23. The molecular weight excluding hydrogens is 388 g/mol. The van der Waals surface area contributed by atoms with Crippen LogP contribution in [-0.2, 0) is 11.2 Å². The van der Waals surface area contributed by atoms with Gasteiger partial charge in [0.25, 0.3) is 5.91 Å². The maximum atomic E-state index is 12.6. The van der Waals surface area contributed by atoms with Crippen LogP contribution in [0.4, 0.5) is 5.69 Å². The molecule has 146 valence electrons. The second-order valence-electron chi connectivity index (χ2n) is 6.22. The van der Waals surface area contributed by atoms with E-state index >= 15 is 0 Å². The quantitative estimate of drug-likeness (QED) is 0.452. The van der Waals surface area contributed by atoms with E-state index in [0.717, 1.165) is 17.7 Å². The molecule has 29 heavy (non-hydrogen) atoms. The average Bonchev–Trinajstić information content (AvgIpc) is 3.20. The monoisotopic (exact) mass is 406 g/mol. The van der Waals surface area contributed by atoms with E-state index in [0.29, 0.717) is 22.0 Å². The number of nitriles is 1. The van der Waals surface area contributed by atoms with E-state index < -0.39 is 5.91 Å². The van der Waals surface area contributed by atoms with E-state index in [2.05, 4.69) is 22.4 Å². The normalized spacial score (nSPS) is 11.0. The fourth-order valence-corrected chi connectivity index (χ4v) is 2.99. The van der Waals surface area contributed by atoms with Crippen LogP contribution in [-0.4, -0.2) is 23.2 Å². The predicted octanol–water partition coefficient (Wildman–Crippen LogP) is 4.85. The number of methoxy groups -OCH3 is 1. The molecule has 2 N–H and O–H groups in total. The third kappa shape index (κ3) is 4.65. The maximum absolute atomic E-state index is 12.6. The molecular formula is C22H19ClN4O2. The maximum Gasteiger partial charge on any atom is 0.266 e. The number of carbonyl (C=O) groups is 1. The number of aromatic nitrogens is 2. The molecule has 6 nitrogen and oxygen atoms in total. The Labute approximate surface area is 173 Å². The topological polar surface area (TPSA) is 90.8 Å². The van der Waals surface area contributed by atoms with E-state index in [9.17, 15) is 10.1 Å². The van der Waals surface area contributed by atoms with Crippen LogP contribution in [0, 0.1) is 11.3 Å². The first-order valence-electron chi connectivity index (χ1n) is 8.95. The molecule has 3 rings (SSSR count). The van der Waals surface area contributed by atoms with Crippen LogP contribution in [0.5, 0.6) is 5.75 Å². The number of rotatable bonds is 6. The number of aromatic amines is 1. The molecule has 2 aromatic carbocycles. The first-order chi connectivity index (χ1) is 14.0. The standard InChI is InChI=1S/C22H19ClN4O2/c1-3-14-4-6-15(7-5-14)21-17(13-25-27-21)10-16(12-24)22(28)26-19-11-18(23)8-9-20(19)29-2/h4-11,13H,3H2,1-2H3,(H,25,27)(H,26,28). The smallest absolute Gasteiger partial charge is 0.266 e. The predicted molar refractivity (Wildman–Crippen MR) is 114 cm³/mol. The lowest BCUT2D eigenvalue weighted by atomic mass is 10.0. The minimum atomic E-state index is -0.568. The zero-order valence-corrected chi connectivity index (χ0v) is 16.7. The molecule has 0 aliphatic rings. The molecule has 0 saturated carbocycles. The summed E-state index contributed by atoms with van der Waals surface area (Å²) in [5.41, 5.74) is 3.82. The number of amides is 1.